The monoisotopic (exact) mass is 200 g/mol. The lowest BCUT2D eigenvalue weighted by Gasteiger charge is -2.14. The molecule has 2 heteroatoms. The molecule has 2 rings (SSSR count). The molecule has 76 valence electrons. The van der Waals surface area contributed by atoms with Gasteiger partial charge in [0, 0.05) is 6.92 Å². The van der Waals surface area contributed by atoms with Crippen molar-refractivity contribution in [2.45, 2.75) is 6.92 Å². The second-order valence-electron chi connectivity index (χ2n) is 3.43. The quantitative estimate of drug-likeness (QED) is 0.733. The van der Waals surface area contributed by atoms with Gasteiger partial charge in [-0.3, -0.25) is 4.79 Å². The number of carbonyl (C=O) groups excluding carboxylic acids is 1. The van der Waals surface area contributed by atoms with Crippen LogP contribution in [0.4, 0.5) is 0 Å². The number of ether oxygens (including phenoxy) is 1. The molecular formula is C13H12O2. The molecule has 0 fully saturated rings. The summed E-state index contributed by atoms with van der Waals surface area (Å²) in [4.78, 5) is 11.0. The Balaban J connectivity index is 2.25. The summed E-state index contributed by atoms with van der Waals surface area (Å²) in [5.41, 5.74) is 2.23. The van der Waals surface area contributed by atoms with Gasteiger partial charge >= 0.3 is 0 Å². The highest BCUT2D eigenvalue weighted by molar-refractivity contribution is 5.92. The van der Waals surface area contributed by atoms with E-state index in [0.717, 1.165) is 11.1 Å². The molecule has 0 aliphatic carbocycles. The van der Waals surface area contributed by atoms with Gasteiger partial charge in [-0.05, 0) is 17.2 Å². The van der Waals surface area contributed by atoms with Gasteiger partial charge in [-0.1, -0.05) is 36.4 Å². The summed E-state index contributed by atoms with van der Waals surface area (Å²) in [6.45, 7) is 1.97. The van der Waals surface area contributed by atoms with Crippen LogP contribution in [0.3, 0.4) is 0 Å². The van der Waals surface area contributed by atoms with Crippen LogP contribution >= 0.6 is 0 Å². The fraction of sp³-hybridized carbons (Fsp3) is 0.154. The highest BCUT2D eigenvalue weighted by Crippen LogP contribution is 2.20. The van der Waals surface area contributed by atoms with E-state index in [4.69, 9.17) is 4.74 Å². The molecule has 0 amide bonds. The van der Waals surface area contributed by atoms with E-state index in [2.05, 4.69) is 0 Å². The molecule has 0 atom stereocenters. The van der Waals surface area contributed by atoms with E-state index in [1.165, 1.54) is 6.92 Å². The topological polar surface area (TPSA) is 26.3 Å². The summed E-state index contributed by atoms with van der Waals surface area (Å²) in [6.07, 6.45) is 3.67. The maximum absolute atomic E-state index is 11.0. The minimum Gasteiger partial charge on any atom is -0.485 e. The SMILES string of the molecule is CC(=O)C1=CC=C(c2ccccc2)CO1. The first-order valence-corrected chi connectivity index (χ1v) is 4.87. The van der Waals surface area contributed by atoms with Crippen LogP contribution in [0.5, 0.6) is 0 Å². The number of Topliss-reactive ketones (excluding diaryl/α,β-unsaturated/α-hetero) is 1. The molecule has 0 bridgehead atoms. The van der Waals surface area contributed by atoms with E-state index < -0.39 is 0 Å². The molecule has 0 spiro atoms. The average Bonchev–Trinajstić information content (AvgIpc) is 2.30. The maximum Gasteiger partial charge on any atom is 0.194 e. The number of allylic oxidation sites excluding steroid dienone is 3. The molecule has 0 saturated heterocycles. The Morgan fingerprint density at radius 3 is 2.47 bits per heavy atom. The minimum absolute atomic E-state index is 0.0293. The molecule has 0 N–H and O–H groups in total. The number of carbonyl (C=O) groups is 1. The van der Waals surface area contributed by atoms with Crippen LogP contribution in [0.2, 0.25) is 0 Å². The van der Waals surface area contributed by atoms with Crippen molar-refractivity contribution in [1.29, 1.82) is 0 Å². The first kappa shape index (κ1) is 9.71. The first-order valence-electron chi connectivity index (χ1n) is 4.87. The van der Waals surface area contributed by atoms with Gasteiger partial charge in [0.1, 0.15) is 6.61 Å². The lowest BCUT2D eigenvalue weighted by molar-refractivity contribution is -0.116. The van der Waals surface area contributed by atoms with Crippen molar-refractivity contribution in [3.8, 4) is 0 Å². The van der Waals surface area contributed by atoms with Gasteiger partial charge in [0.2, 0.25) is 0 Å². The van der Waals surface area contributed by atoms with Gasteiger partial charge in [0.05, 0.1) is 0 Å². The van der Waals surface area contributed by atoms with Crippen molar-refractivity contribution in [3.63, 3.8) is 0 Å². The van der Waals surface area contributed by atoms with Crippen molar-refractivity contribution in [2.75, 3.05) is 6.61 Å². The Kier molecular flexibility index (Phi) is 2.68. The molecule has 15 heavy (non-hydrogen) atoms. The van der Waals surface area contributed by atoms with E-state index in [1.807, 2.05) is 36.4 Å². The molecule has 1 heterocycles. The Morgan fingerprint density at radius 2 is 1.93 bits per heavy atom. The normalized spacial score (nSPS) is 15.0. The van der Waals surface area contributed by atoms with Gasteiger partial charge in [0.25, 0.3) is 0 Å². The Bertz CT molecular complexity index is 427. The van der Waals surface area contributed by atoms with Crippen molar-refractivity contribution < 1.29 is 9.53 Å². The fourth-order valence-electron chi connectivity index (χ4n) is 1.48. The molecule has 0 radical (unpaired) electrons. The largest absolute Gasteiger partial charge is 0.485 e. The Labute approximate surface area is 88.9 Å². The molecule has 1 aliphatic heterocycles. The van der Waals surface area contributed by atoms with Gasteiger partial charge in [-0.15, -0.1) is 0 Å². The molecular weight excluding hydrogens is 188 g/mol. The highest BCUT2D eigenvalue weighted by Gasteiger charge is 2.11. The van der Waals surface area contributed by atoms with E-state index in [9.17, 15) is 4.79 Å². The minimum atomic E-state index is -0.0293. The van der Waals surface area contributed by atoms with Gasteiger partial charge in [-0.2, -0.15) is 0 Å². The molecule has 0 aromatic heterocycles. The predicted octanol–water partition coefficient (Wildman–Crippen LogP) is 2.57. The fourth-order valence-corrected chi connectivity index (χ4v) is 1.48. The van der Waals surface area contributed by atoms with Crippen molar-refractivity contribution in [3.05, 3.63) is 53.8 Å². The first-order chi connectivity index (χ1) is 7.27. The Morgan fingerprint density at radius 1 is 1.20 bits per heavy atom. The number of benzene rings is 1. The van der Waals surface area contributed by atoms with Crippen LogP contribution in [0, 0.1) is 0 Å². The van der Waals surface area contributed by atoms with E-state index in [0.29, 0.717) is 12.4 Å². The van der Waals surface area contributed by atoms with Crippen LogP contribution in [0.15, 0.2) is 48.2 Å². The number of rotatable bonds is 2. The molecule has 2 nitrogen and oxygen atoms in total. The lowest BCUT2D eigenvalue weighted by atomic mass is 10.0. The second-order valence-corrected chi connectivity index (χ2v) is 3.43. The zero-order valence-corrected chi connectivity index (χ0v) is 8.57. The van der Waals surface area contributed by atoms with Crippen molar-refractivity contribution in [2.24, 2.45) is 0 Å². The van der Waals surface area contributed by atoms with Crippen LogP contribution in [-0.4, -0.2) is 12.4 Å². The van der Waals surface area contributed by atoms with Crippen LogP contribution in [0.25, 0.3) is 5.57 Å². The third-order valence-corrected chi connectivity index (χ3v) is 2.31. The van der Waals surface area contributed by atoms with E-state index in [1.54, 1.807) is 6.08 Å². The van der Waals surface area contributed by atoms with E-state index in [-0.39, 0.29) is 5.78 Å². The van der Waals surface area contributed by atoms with E-state index >= 15 is 0 Å². The highest BCUT2D eigenvalue weighted by atomic mass is 16.5. The summed E-state index contributed by atoms with van der Waals surface area (Å²) >= 11 is 0. The molecule has 1 aliphatic rings. The zero-order valence-electron chi connectivity index (χ0n) is 8.57. The standard InChI is InChI=1S/C13H12O2/c1-10(14)13-8-7-12(9-15-13)11-5-3-2-4-6-11/h2-8H,9H2,1H3. The van der Waals surface area contributed by atoms with Gasteiger partial charge in [0.15, 0.2) is 11.5 Å². The molecule has 1 aromatic carbocycles. The van der Waals surface area contributed by atoms with Crippen molar-refractivity contribution in [1.82, 2.24) is 0 Å². The second kappa shape index (κ2) is 4.13. The smallest absolute Gasteiger partial charge is 0.194 e. The third kappa shape index (κ3) is 2.15. The van der Waals surface area contributed by atoms with Crippen LogP contribution < -0.4 is 0 Å². The predicted molar refractivity (Wildman–Crippen MR) is 59.1 cm³/mol. The van der Waals surface area contributed by atoms with Crippen molar-refractivity contribution >= 4 is 11.4 Å². The zero-order chi connectivity index (χ0) is 10.7. The van der Waals surface area contributed by atoms with Crippen LogP contribution in [-0.2, 0) is 9.53 Å². The number of hydrogen-bond donors (Lipinski definition) is 0. The summed E-state index contributed by atoms with van der Waals surface area (Å²) < 4.78 is 5.35. The summed E-state index contributed by atoms with van der Waals surface area (Å²) in [5.74, 6) is 0.410. The Hall–Kier alpha value is -1.83. The number of hydrogen-bond acceptors (Lipinski definition) is 2. The molecule has 0 unspecified atom stereocenters. The molecule has 1 aromatic rings. The summed E-state index contributed by atoms with van der Waals surface area (Å²) in [5, 5.41) is 0. The lowest BCUT2D eigenvalue weighted by Crippen LogP contribution is -2.08. The molecule has 0 saturated carbocycles. The van der Waals surface area contributed by atoms with Crippen LogP contribution in [0.1, 0.15) is 12.5 Å². The average molecular weight is 200 g/mol. The maximum atomic E-state index is 11.0. The number of ketones is 1. The van der Waals surface area contributed by atoms with Gasteiger partial charge < -0.3 is 4.74 Å². The summed E-state index contributed by atoms with van der Waals surface area (Å²) in [6, 6.07) is 10.0. The van der Waals surface area contributed by atoms with Gasteiger partial charge in [-0.25, -0.2) is 0 Å². The third-order valence-electron chi connectivity index (χ3n) is 2.31. The summed E-state index contributed by atoms with van der Waals surface area (Å²) in [7, 11) is 0.